The van der Waals surface area contributed by atoms with Crippen LogP contribution in [0.4, 0.5) is 0 Å². The smallest absolute Gasteiger partial charge is 0.213 e. The molecule has 1 saturated heterocycles. The average Bonchev–Trinajstić information content (AvgIpc) is 2.22. The molecule has 0 bridgehead atoms. The van der Waals surface area contributed by atoms with E-state index in [1.165, 1.54) is 16.8 Å². The number of hydrogen-bond donors (Lipinski definition) is 0. The third-order valence-corrected chi connectivity index (χ3v) is 3.67. The van der Waals surface area contributed by atoms with Crippen molar-refractivity contribution in [3.05, 3.63) is 23.9 Å². The van der Waals surface area contributed by atoms with Gasteiger partial charge in [0.15, 0.2) is 0 Å². The zero-order chi connectivity index (χ0) is 12.5. The van der Waals surface area contributed by atoms with Crippen LogP contribution in [0.25, 0.3) is 0 Å². The molecule has 0 amide bonds. The molecule has 1 aromatic heterocycles. The monoisotopic (exact) mass is 253 g/mol. The Balaban J connectivity index is 1.90. The second-order valence-electron chi connectivity index (χ2n) is 3.82. The quantitative estimate of drug-likeness (QED) is 0.755. The Hall–Kier alpha value is -1.65. The number of nitrogens with zero attached hydrogens (tertiary/aromatic N) is 3. The van der Waals surface area contributed by atoms with E-state index in [4.69, 9.17) is 10.00 Å². The number of nitriles is 1. The van der Waals surface area contributed by atoms with Gasteiger partial charge in [-0.15, -0.1) is 0 Å². The molecule has 2 rings (SSSR count). The van der Waals surface area contributed by atoms with Gasteiger partial charge in [0.05, 0.1) is 24.9 Å². The zero-order valence-corrected chi connectivity index (χ0v) is 10.0. The first-order valence-corrected chi connectivity index (χ1v) is 6.82. The third-order valence-electron chi connectivity index (χ3n) is 2.44. The van der Waals surface area contributed by atoms with Crippen LogP contribution in [0.2, 0.25) is 0 Å². The summed E-state index contributed by atoms with van der Waals surface area (Å²) in [6, 6.07) is 5.16. The van der Waals surface area contributed by atoms with E-state index >= 15 is 0 Å². The SMILES string of the molecule is CS(=O)(=O)N1CC(Oc2ccc(C#N)cn2)C1. The Kier molecular flexibility index (Phi) is 3.00. The van der Waals surface area contributed by atoms with Crippen LogP contribution in [0.5, 0.6) is 5.88 Å². The van der Waals surface area contributed by atoms with Crippen LogP contribution in [0.1, 0.15) is 5.56 Å². The molecule has 0 unspecified atom stereocenters. The Bertz CT molecular complexity index is 541. The first kappa shape index (κ1) is 11.8. The van der Waals surface area contributed by atoms with Gasteiger partial charge in [0.2, 0.25) is 15.9 Å². The van der Waals surface area contributed by atoms with Crippen LogP contribution in [0, 0.1) is 11.3 Å². The van der Waals surface area contributed by atoms with Gasteiger partial charge in [0.25, 0.3) is 0 Å². The second-order valence-corrected chi connectivity index (χ2v) is 5.80. The predicted octanol–water partition coefficient (Wildman–Crippen LogP) is -0.0241. The second kappa shape index (κ2) is 4.31. The lowest BCUT2D eigenvalue weighted by Crippen LogP contribution is -2.55. The van der Waals surface area contributed by atoms with Gasteiger partial charge in [-0.2, -0.15) is 9.57 Å². The summed E-state index contributed by atoms with van der Waals surface area (Å²) in [7, 11) is -3.11. The molecule has 90 valence electrons. The molecule has 0 N–H and O–H groups in total. The van der Waals surface area contributed by atoms with E-state index in [0.29, 0.717) is 24.5 Å². The normalized spacial score (nSPS) is 17.2. The van der Waals surface area contributed by atoms with Gasteiger partial charge >= 0.3 is 0 Å². The molecule has 17 heavy (non-hydrogen) atoms. The fourth-order valence-electron chi connectivity index (χ4n) is 1.43. The van der Waals surface area contributed by atoms with Gasteiger partial charge in [0, 0.05) is 12.3 Å². The average molecular weight is 253 g/mol. The summed E-state index contributed by atoms with van der Waals surface area (Å²) in [5.41, 5.74) is 0.462. The summed E-state index contributed by atoms with van der Waals surface area (Å²) < 4.78 is 29.0. The summed E-state index contributed by atoms with van der Waals surface area (Å²) in [5, 5.41) is 8.59. The van der Waals surface area contributed by atoms with E-state index in [1.807, 2.05) is 6.07 Å². The van der Waals surface area contributed by atoms with Crippen molar-refractivity contribution in [2.45, 2.75) is 6.10 Å². The summed E-state index contributed by atoms with van der Waals surface area (Å²) in [5.74, 6) is 0.405. The highest BCUT2D eigenvalue weighted by molar-refractivity contribution is 7.88. The molecule has 7 heteroatoms. The molecule has 1 fully saturated rings. The van der Waals surface area contributed by atoms with E-state index in [1.54, 1.807) is 12.1 Å². The van der Waals surface area contributed by atoms with E-state index in [0.717, 1.165) is 0 Å². The minimum Gasteiger partial charge on any atom is -0.472 e. The summed E-state index contributed by atoms with van der Waals surface area (Å²) in [6.45, 7) is 0.695. The van der Waals surface area contributed by atoms with Gasteiger partial charge < -0.3 is 4.74 Å². The number of pyridine rings is 1. The molecule has 0 saturated carbocycles. The molecular formula is C10H11N3O3S. The fourth-order valence-corrected chi connectivity index (χ4v) is 2.31. The van der Waals surface area contributed by atoms with Crippen molar-refractivity contribution >= 4 is 10.0 Å². The highest BCUT2D eigenvalue weighted by atomic mass is 32.2. The van der Waals surface area contributed by atoms with Gasteiger partial charge in [-0.25, -0.2) is 13.4 Å². The Morgan fingerprint density at radius 1 is 1.53 bits per heavy atom. The summed E-state index contributed by atoms with van der Waals surface area (Å²) in [4.78, 5) is 3.95. The van der Waals surface area contributed by atoms with Crippen molar-refractivity contribution < 1.29 is 13.2 Å². The number of hydrogen-bond acceptors (Lipinski definition) is 5. The number of aromatic nitrogens is 1. The van der Waals surface area contributed by atoms with Crippen molar-refractivity contribution in [1.29, 1.82) is 5.26 Å². The van der Waals surface area contributed by atoms with Crippen molar-refractivity contribution in [3.63, 3.8) is 0 Å². The van der Waals surface area contributed by atoms with Gasteiger partial charge in [-0.05, 0) is 6.07 Å². The van der Waals surface area contributed by atoms with Crippen LogP contribution >= 0.6 is 0 Å². The first-order chi connectivity index (χ1) is 7.99. The number of rotatable bonds is 3. The molecule has 0 atom stereocenters. The lowest BCUT2D eigenvalue weighted by Gasteiger charge is -2.36. The molecule has 0 aliphatic carbocycles. The Morgan fingerprint density at radius 2 is 2.24 bits per heavy atom. The molecule has 0 spiro atoms. The van der Waals surface area contributed by atoms with E-state index in [9.17, 15) is 8.42 Å². The molecule has 1 aliphatic heterocycles. The van der Waals surface area contributed by atoms with Crippen molar-refractivity contribution in [2.75, 3.05) is 19.3 Å². The van der Waals surface area contributed by atoms with E-state index in [2.05, 4.69) is 4.98 Å². The molecule has 1 aromatic rings. The molecule has 6 nitrogen and oxygen atoms in total. The first-order valence-electron chi connectivity index (χ1n) is 4.97. The zero-order valence-electron chi connectivity index (χ0n) is 9.20. The van der Waals surface area contributed by atoms with Gasteiger partial charge in [-0.3, -0.25) is 0 Å². The molecule has 0 aromatic carbocycles. The van der Waals surface area contributed by atoms with E-state index < -0.39 is 10.0 Å². The molecular weight excluding hydrogens is 242 g/mol. The van der Waals surface area contributed by atoms with Crippen LogP contribution in [-0.2, 0) is 10.0 Å². The number of sulfonamides is 1. The minimum absolute atomic E-state index is 0.162. The minimum atomic E-state index is -3.11. The van der Waals surface area contributed by atoms with Crippen LogP contribution in [0.3, 0.4) is 0 Å². The largest absolute Gasteiger partial charge is 0.472 e. The molecule has 2 heterocycles. The maximum absolute atomic E-state index is 11.1. The van der Waals surface area contributed by atoms with Crippen LogP contribution < -0.4 is 4.74 Å². The lowest BCUT2D eigenvalue weighted by atomic mass is 10.2. The lowest BCUT2D eigenvalue weighted by molar-refractivity contribution is 0.0726. The van der Waals surface area contributed by atoms with Crippen molar-refractivity contribution in [2.24, 2.45) is 0 Å². The van der Waals surface area contributed by atoms with Crippen molar-refractivity contribution in [1.82, 2.24) is 9.29 Å². The fraction of sp³-hybridized carbons (Fsp3) is 0.400. The third kappa shape index (κ3) is 2.72. The van der Waals surface area contributed by atoms with Crippen molar-refractivity contribution in [3.8, 4) is 11.9 Å². The number of ether oxygens (including phenoxy) is 1. The predicted molar refractivity (Wildman–Crippen MR) is 59.8 cm³/mol. The highest BCUT2D eigenvalue weighted by Crippen LogP contribution is 2.18. The van der Waals surface area contributed by atoms with Crippen LogP contribution in [-0.4, -0.2) is 43.2 Å². The Labute approximate surface area is 99.5 Å². The standard InChI is InChI=1S/C10H11N3O3S/c1-17(14,15)13-6-9(7-13)16-10-3-2-8(4-11)5-12-10/h2-3,5,9H,6-7H2,1H3. The van der Waals surface area contributed by atoms with Gasteiger partial charge in [0.1, 0.15) is 12.2 Å². The highest BCUT2D eigenvalue weighted by Gasteiger charge is 2.34. The summed E-state index contributed by atoms with van der Waals surface area (Å²) >= 11 is 0. The van der Waals surface area contributed by atoms with Crippen LogP contribution in [0.15, 0.2) is 18.3 Å². The topological polar surface area (TPSA) is 83.3 Å². The maximum atomic E-state index is 11.1. The van der Waals surface area contributed by atoms with Gasteiger partial charge in [-0.1, -0.05) is 0 Å². The molecule has 0 radical (unpaired) electrons. The Morgan fingerprint density at radius 3 is 2.71 bits per heavy atom. The van der Waals surface area contributed by atoms with E-state index in [-0.39, 0.29) is 6.10 Å². The maximum Gasteiger partial charge on any atom is 0.213 e. The molecule has 1 aliphatic rings. The summed E-state index contributed by atoms with van der Waals surface area (Å²) in [6.07, 6.45) is 2.43.